The molecule has 4 heterocycles. The Hall–Kier alpha value is -3.82. The minimum atomic E-state index is -0.884. The Balaban J connectivity index is 1.19. The van der Waals surface area contributed by atoms with Gasteiger partial charge < -0.3 is 9.64 Å². The van der Waals surface area contributed by atoms with Crippen molar-refractivity contribution >= 4 is 5.91 Å². The zero-order chi connectivity index (χ0) is 23.7. The quantitative estimate of drug-likeness (QED) is 0.561. The molecule has 2 aliphatic rings. The normalized spacial score (nSPS) is 20.6. The summed E-state index contributed by atoms with van der Waals surface area (Å²) < 4.78 is 35.6. The highest BCUT2D eigenvalue weighted by Crippen LogP contribution is 2.30. The van der Waals surface area contributed by atoms with Gasteiger partial charge in [0.25, 0.3) is 0 Å². The van der Waals surface area contributed by atoms with Crippen molar-refractivity contribution in [1.29, 1.82) is 5.26 Å². The SMILES string of the molecule is N#Cc1c(F)ccc([C@H]2CN3CCN(C(=O)Cc4ccc(-n5cnnn5)nc4)C[C@@H]3CO2)c1F. The van der Waals surface area contributed by atoms with E-state index in [-0.39, 0.29) is 23.9 Å². The molecule has 0 saturated carbocycles. The van der Waals surface area contributed by atoms with E-state index in [2.05, 4.69) is 25.4 Å². The van der Waals surface area contributed by atoms with Gasteiger partial charge in [-0.2, -0.15) is 9.94 Å². The highest BCUT2D eigenvalue weighted by Gasteiger charge is 2.36. The number of piperazine rings is 1. The number of pyridine rings is 1. The molecule has 2 saturated heterocycles. The van der Waals surface area contributed by atoms with Crippen LogP contribution in [0.5, 0.6) is 0 Å². The molecule has 0 radical (unpaired) electrons. The first-order valence-corrected chi connectivity index (χ1v) is 10.7. The Morgan fingerprint density at radius 1 is 1.21 bits per heavy atom. The number of nitrogens with zero attached hydrogens (tertiary/aromatic N) is 8. The summed E-state index contributed by atoms with van der Waals surface area (Å²) in [6.07, 6.45) is 2.69. The number of hydrogen-bond acceptors (Lipinski definition) is 8. The fourth-order valence-electron chi connectivity index (χ4n) is 4.33. The molecule has 2 aromatic heterocycles. The summed E-state index contributed by atoms with van der Waals surface area (Å²) in [5, 5.41) is 19.9. The van der Waals surface area contributed by atoms with Gasteiger partial charge in [-0.25, -0.2) is 13.8 Å². The molecule has 0 bridgehead atoms. The number of morpholine rings is 1. The summed E-state index contributed by atoms with van der Waals surface area (Å²) in [6, 6.07) is 7.54. The molecule has 2 fully saturated rings. The van der Waals surface area contributed by atoms with Gasteiger partial charge in [-0.3, -0.25) is 9.69 Å². The molecule has 174 valence electrons. The summed E-state index contributed by atoms with van der Waals surface area (Å²) >= 11 is 0. The van der Waals surface area contributed by atoms with Gasteiger partial charge in [0.1, 0.15) is 29.6 Å². The number of nitriles is 1. The molecule has 5 rings (SSSR count). The molecule has 0 unspecified atom stereocenters. The Morgan fingerprint density at radius 2 is 2.09 bits per heavy atom. The number of benzene rings is 1. The van der Waals surface area contributed by atoms with Gasteiger partial charge in [0.2, 0.25) is 5.91 Å². The van der Waals surface area contributed by atoms with Gasteiger partial charge in [0.05, 0.1) is 25.2 Å². The van der Waals surface area contributed by atoms with Crippen molar-refractivity contribution in [2.45, 2.75) is 18.6 Å². The maximum absolute atomic E-state index is 14.6. The van der Waals surface area contributed by atoms with Crippen LogP contribution in [0, 0.1) is 23.0 Å². The smallest absolute Gasteiger partial charge is 0.227 e. The molecule has 0 aliphatic carbocycles. The van der Waals surface area contributed by atoms with Crippen LogP contribution in [0.4, 0.5) is 8.78 Å². The molecular formula is C22H20F2N8O2. The fraction of sp³-hybridized carbons (Fsp3) is 0.364. The number of amides is 1. The molecule has 0 spiro atoms. The van der Waals surface area contributed by atoms with Crippen molar-refractivity contribution in [2.24, 2.45) is 0 Å². The number of carbonyl (C=O) groups excluding carboxylic acids is 1. The van der Waals surface area contributed by atoms with E-state index in [1.807, 2.05) is 6.07 Å². The second-order valence-corrected chi connectivity index (χ2v) is 8.20. The largest absolute Gasteiger partial charge is 0.370 e. The first-order chi connectivity index (χ1) is 16.5. The van der Waals surface area contributed by atoms with Crippen molar-refractivity contribution in [3.05, 3.63) is 65.1 Å². The summed E-state index contributed by atoms with van der Waals surface area (Å²) in [5.41, 5.74) is 0.357. The van der Waals surface area contributed by atoms with Gasteiger partial charge in [0, 0.05) is 37.9 Å². The molecule has 1 amide bonds. The molecule has 0 N–H and O–H groups in total. The first-order valence-electron chi connectivity index (χ1n) is 10.7. The zero-order valence-corrected chi connectivity index (χ0v) is 18.0. The van der Waals surface area contributed by atoms with E-state index in [4.69, 9.17) is 10.00 Å². The second-order valence-electron chi connectivity index (χ2n) is 8.20. The van der Waals surface area contributed by atoms with Crippen LogP contribution in [0.1, 0.15) is 22.8 Å². The Kier molecular flexibility index (Phi) is 5.95. The van der Waals surface area contributed by atoms with E-state index >= 15 is 0 Å². The molecule has 34 heavy (non-hydrogen) atoms. The third-order valence-electron chi connectivity index (χ3n) is 6.18. The van der Waals surface area contributed by atoms with Gasteiger partial charge in [-0.1, -0.05) is 12.1 Å². The van der Waals surface area contributed by atoms with Gasteiger partial charge in [0.15, 0.2) is 5.82 Å². The monoisotopic (exact) mass is 466 g/mol. The number of halogens is 2. The average molecular weight is 466 g/mol. The summed E-state index contributed by atoms with van der Waals surface area (Å²) in [4.78, 5) is 21.1. The molecular weight excluding hydrogens is 446 g/mol. The standard InChI is InChI=1S/C22H20F2N8O2/c23-18-3-2-16(22(24)17(18)8-25)19-11-30-5-6-31(10-15(30)12-34-19)21(33)7-14-1-4-20(26-9-14)32-13-27-28-29-32/h1-4,9,13,15,19H,5-7,10-12H2/t15-,19-/m1/s1. The van der Waals surface area contributed by atoms with Crippen molar-refractivity contribution in [3.8, 4) is 11.9 Å². The number of rotatable bonds is 4. The molecule has 3 aromatic rings. The minimum Gasteiger partial charge on any atom is -0.370 e. The average Bonchev–Trinajstić information content (AvgIpc) is 3.39. The number of tetrazole rings is 1. The number of hydrogen-bond donors (Lipinski definition) is 0. The van der Waals surface area contributed by atoms with Crippen LogP contribution in [0.25, 0.3) is 5.82 Å². The molecule has 2 aliphatic heterocycles. The summed E-state index contributed by atoms with van der Waals surface area (Å²) in [6.45, 7) is 2.35. The summed E-state index contributed by atoms with van der Waals surface area (Å²) in [5.74, 6) is -1.21. The van der Waals surface area contributed by atoms with Gasteiger partial charge in [-0.15, -0.1) is 5.10 Å². The molecule has 2 atom stereocenters. The molecule has 10 nitrogen and oxygen atoms in total. The number of carbonyl (C=O) groups is 1. The van der Waals surface area contributed by atoms with Crippen LogP contribution < -0.4 is 0 Å². The van der Waals surface area contributed by atoms with E-state index in [0.717, 1.165) is 11.6 Å². The second kappa shape index (κ2) is 9.20. The van der Waals surface area contributed by atoms with Gasteiger partial charge in [-0.05, 0) is 28.1 Å². The van der Waals surface area contributed by atoms with E-state index < -0.39 is 23.3 Å². The Morgan fingerprint density at radius 3 is 2.82 bits per heavy atom. The lowest BCUT2D eigenvalue weighted by Gasteiger charge is -2.46. The lowest BCUT2D eigenvalue weighted by molar-refractivity contribution is -0.139. The van der Waals surface area contributed by atoms with Crippen LogP contribution in [0.2, 0.25) is 0 Å². The van der Waals surface area contributed by atoms with Gasteiger partial charge >= 0.3 is 0 Å². The maximum Gasteiger partial charge on any atom is 0.227 e. The van der Waals surface area contributed by atoms with Crippen LogP contribution in [0.3, 0.4) is 0 Å². The topological polar surface area (TPSA) is 113 Å². The third kappa shape index (κ3) is 4.23. The van der Waals surface area contributed by atoms with Crippen LogP contribution in [-0.4, -0.2) is 79.7 Å². The van der Waals surface area contributed by atoms with Crippen molar-refractivity contribution in [3.63, 3.8) is 0 Å². The zero-order valence-electron chi connectivity index (χ0n) is 18.0. The number of fused-ring (bicyclic) bond motifs is 1. The van der Waals surface area contributed by atoms with Crippen LogP contribution >= 0.6 is 0 Å². The fourth-order valence-corrected chi connectivity index (χ4v) is 4.33. The van der Waals surface area contributed by atoms with Crippen LogP contribution in [-0.2, 0) is 16.0 Å². The van der Waals surface area contributed by atoms with Crippen molar-refractivity contribution < 1.29 is 18.3 Å². The van der Waals surface area contributed by atoms with E-state index in [9.17, 15) is 13.6 Å². The third-order valence-corrected chi connectivity index (χ3v) is 6.18. The highest BCUT2D eigenvalue weighted by atomic mass is 19.1. The Bertz CT molecular complexity index is 1230. The predicted molar refractivity (Wildman–Crippen MR) is 112 cm³/mol. The Labute approximate surface area is 193 Å². The van der Waals surface area contributed by atoms with Crippen molar-refractivity contribution in [1.82, 2.24) is 35.0 Å². The minimum absolute atomic E-state index is 0.0120. The maximum atomic E-state index is 14.6. The molecule has 12 heteroatoms. The number of aromatic nitrogens is 5. The predicted octanol–water partition coefficient (Wildman–Crippen LogP) is 1.03. The van der Waals surface area contributed by atoms with E-state index in [0.29, 0.717) is 38.6 Å². The highest BCUT2D eigenvalue weighted by molar-refractivity contribution is 5.78. The van der Waals surface area contributed by atoms with Crippen LogP contribution in [0.15, 0.2) is 36.8 Å². The first kappa shape index (κ1) is 22.0. The lowest BCUT2D eigenvalue weighted by Crippen LogP contribution is -2.59. The van der Waals surface area contributed by atoms with E-state index in [1.165, 1.54) is 17.1 Å². The summed E-state index contributed by atoms with van der Waals surface area (Å²) in [7, 11) is 0. The van der Waals surface area contributed by atoms with Crippen molar-refractivity contribution in [2.75, 3.05) is 32.8 Å². The lowest BCUT2D eigenvalue weighted by atomic mass is 10.0. The number of ether oxygens (including phenoxy) is 1. The van der Waals surface area contributed by atoms with E-state index in [1.54, 1.807) is 23.2 Å². The molecule has 1 aromatic carbocycles.